The molecule has 2 heteroatoms. The summed E-state index contributed by atoms with van der Waals surface area (Å²) in [7, 11) is 0. The molecule has 2 unspecified atom stereocenters. The normalized spacial score (nSPS) is 33.2. The van der Waals surface area contributed by atoms with Crippen molar-refractivity contribution in [2.45, 2.75) is 65.0 Å². The minimum Gasteiger partial charge on any atom is -0.312 e. The second-order valence-corrected chi connectivity index (χ2v) is 6.80. The van der Waals surface area contributed by atoms with E-state index < -0.39 is 0 Å². The SMILES string of the molecule is CC(C)(C)CN1CCCCC1C1CCCN1. The highest BCUT2D eigenvalue weighted by Gasteiger charge is 2.33. The van der Waals surface area contributed by atoms with Gasteiger partial charge in [-0.25, -0.2) is 0 Å². The van der Waals surface area contributed by atoms with Crippen LogP contribution >= 0.6 is 0 Å². The Morgan fingerprint density at radius 2 is 1.94 bits per heavy atom. The van der Waals surface area contributed by atoms with Gasteiger partial charge in [-0.2, -0.15) is 0 Å². The van der Waals surface area contributed by atoms with Crippen molar-refractivity contribution in [2.24, 2.45) is 5.41 Å². The Morgan fingerprint density at radius 3 is 2.56 bits per heavy atom. The van der Waals surface area contributed by atoms with E-state index in [1.54, 1.807) is 0 Å². The summed E-state index contributed by atoms with van der Waals surface area (Å²) >= 11 is 0. The molecule has 16 heavy (non-hydrogen) atoms. The largest absolute Gasteiger partial charge is 0.312 e. The zero-order valence-electron chi connectivity index (χ0n) is 11.3. The highest BCUT2D eigenvalue weighted by molar-refractivity contribution is 4.91. The van der Waals surface area contributed by atoms with Crippen LogP contribution in [0.2, 0.25) is 0 Å². The molecule has 0 aromatic rings. The lowest BCUT2D eigenvalue weighted by molar-refractivity contribution is 0.0826. The summed E-state index contributed by atoms with van der Waals surface area (Å²) < 4.78 is 0. The summed E-state index contributed by atoms with van der Waals surface area (Å²) in [6, 6.07) is 1.60. The molecule has 0 radical (unpaired) electrons. The Balaban J connectivity index is 1.96. The summed E-state index contributed by atoms with van der Waals surface area (Å²) in [5, 5.41) is 3.70. The van der Waals surface area contributed by atoms with Crippen molar-refractivity contribution in [3.8, 4) is 0 Å². The van der Waals surface area contributed by atoms with E-state index >= 15 is 0 Å². The van der Waals surface area contributed by atoms with Crippen molar-refractivity contribution in [3.05, 3.63) is 0 Å². The molecule has 0 saturated carbocycles. The third-order valence-corrected chi connectivity index (χ3v) is 3.90. The van der Waals surface area contributed by atoms with E-state index in [1.165, 1.54) is 51.7 Å². The van der Waals surface area contributed by atoms with E-state index in [9.17, 15) is 0 Å². The fourth-order valence-electron chi connectivity index (χ4n) is 3.32. The fraction of sp³-hybridized carbons (Fsp3) is 1.00. The molecule has 0 aromatic heterocycles. The van der Waals surface area contributed by atoms with Crippen LogP contribution in [-0.2, 0) is 0 Å². The molecule has 1 N–H and O–H groups in total. The first-order valence-electron chi connectivity index (χ1n) is 7.04. The van der Waals surface area contributed by atoms with Crippen LogP contribution in [0.5, 0.6) is 0 Å². The van der Waals surface area contributed by atoms with Gasteiger partial charge in [-0.15, -0.1) is 0 Å². The zero-order chi connectivity index (χ0) is 11.6. The average Bonchev–Trinajstić information content (AvgIpc) is 2.69. The lowest BCUT2D eigenvalue weighted by Gasteiger charge is -2.42. The second-order valence-electron chi connectivity index (χ2n) is 6.80. The highest BCUT2D eigenvalue weighted by atomic mass is 15.2. The van der Waals surface area contributed by atoms with Gasteiger partial charge >= 0.3 is 0 Å². The highest BCUT2D eigenvalue weighted by Crippen LogP contribution is 2.27. The summed E-state index contributed by atoms with van der Waals surface area (Å²) in [6.07, 6.45) is 7.02. The van der Waals surface area contributed by atoms with Crippen molar-refractivity contribution in [1.29, 1.82) is 0 Å². The molecule has 2 saturated heterocycles. The van der Waals surface area contributed by atoms with Crippen LogP contribution in [-0.4, -0.2) is 36.6 Å². The molecule has 2 aliphatic rings. The predicted molar refractivity (Wildman–Crippen MR) is 69.7 cm³/mol. The van der Waals surface area contributed by atoms with Crippen LogP contribution in [0.4, 0.5) is 0 Å². The molecule has 0 amide bonds. The number of hydrogen-bond acceptors (Lipinski definition) is 2. The maximum Gasteiger partial charge on any atom is 0.0249 e. The number of nitrogens with one attached hydrogen (secondary N) is 1. The number of piperidine rings is 1. The molecule has 2 fully saturated rings. The molecule has 2 aliphatic heterocycles. The Morgan fingerprint density at radius 1 is 1.12 bits per heavy atom. The van der Waals surface area contributed by atoms with Crippen LogP contribution in [0.1, 0.15) is 52.9 Å². The lowest BCUT2D eigenvalue weighted by atomic mass is 9.89. The maximum absolute atomic E-state index is 3.70. The Kier molecular flexibility index (Phi) is 3.91. The molecular formula is C14H28N2. The molecular weight excluding hydrogens is 196 g/mol. The van der Waals surface area contributed by atoms with E-state index in [0.717, 1.165) is 12.1 Å². The van der Waals surface area contributed by atoms with Crippen LogP contribution in [0.15, 0.2) is 0 Å². The Hall–Kier alpha value is -0.0800. The van der Waals surface area contributed by atoms with E-state index in [4.69, 9.17) is 0 Å². The molecule has 0 spiro atoms. The van der Waals surface area contributed by atoms with Crippen molar-refractivity contribution < 1.29 is 0 Å². The summed E-state index contributed by atoms with van der Waals surface area (Å²) in [5.41, 5.74) is 0.439. The van der Waals surface area contributed by atoms with Gasteiger partial charge in [0.2, 0.25) is 0 Å². The van der Waals surface area contributed by atoms with E-state index in [1.807, 2.05) is 0 Å². The third kappa shape index (κ3) is 3.21. The zero-order valence-corrected chi connectivity index (χ0v) is 11.3. The molecule has 2 nitrogen and oxygen atoms in total. The number of nitrogens with zero attached hydrogens (tertiary/aromatic N) is 1. The van der Waals surface area contributed by atoms with Gasteiger partial charge in [0.25, 0.3) is 0 Å². The Bertz CT molecular complexity index is 213. The van der Waals surface area contributed by atoms with Gasteiger partial charge in [-0.1, -0.05) is 27.2 Å². The molecule has 2 rings (SSSR count). The predicted octanol–water partition coefficient (Wildman–Crippen LogP) is 2.64. The monoisotopic (exact) mass is 224 g/mol. The van der Waals surface area contributed by atoms with Crippen molar-refractivity contribution in [1.82, 2.24) is 10.2 Å². The van der Waals surface area contributed by atoms with Crippen LogP contribution in [0.3, 0.4) is 0 Å². The van der Waals surface area contributed by atoms with Crippen molar-refractivity contribution >= 4 is 0 Å². The van der Waals surface area contributed by atoms with Crippen molar-refractivity contribution in [3.63, 3.8) is 0 Å². The number of hydrogen-bond donors (Lipinski definition) is 1. The lowest BCUT2D eigenvalue weighted by Crippen LogP contribution is -2.52. The smallest absolute Gasteiger partial charge is 0.0249 e. The standard InChI is InChI=1S/C14H28N2/c1-14(2,3)11-16-10-5-4-8-13(16)12-7-6-9-15-12/h12-13,15H,4-11H2,1-3H3. The van der Waals surface area contributed by atoms with Crippen molar-refractivity contribution in [2.75, 3.05) is 19.6 Å². The third-order valence-electron chi connectivity index (χ3n) is 3.90. The first-order chi connectivity index (χ1) is 7.56. The molecule has 2 atom stereocenters. The van der Waals surface area contributed by atoms with Gasteiger partial charge in [-0.3, -0.25) is 4.90 Å². The summed E-state index contributed by atoms with van der Waals surface area (Å²) in [6.45, 7) is 10.9. The maximum atomic E-state index is 3.70. The first-order valence-corrected chi connectivity index (χ1v) is 7.04. The second kappa shape index (κ2) is 5.05. The topological polar surface area (TPSA) is 15.3 Å². The first kappa shape index (κ1) is 12.4. The molecule has 94 valence electrons. The van der Waals surface area contributed by atoms with Gasteiger partial charge in [0.15, 0.2) is 0 Å². The average molecular weight is 224 g/mol. The van der Waals surface area contributed by atoms with Gasteiger partial charge in [0.1, 0.15) is 0 Å². The number of likely N-dealkylation sites (tertiary alicyclic amines) is 1. The van der Waals surface area contributed by atoms with Crippen LogP contribution < -0.4 is 5.32 Å². The minimum atomic E-state index is 0.439. The summed E-state index contributed by atoms with van der Waals surface area (Å²) in [5.74, 6) is 0. The Labute approximate surface area is 101 Å². The van der Waals surface area contributed by atoms with E-state index in [0.29, 0.717) is 5.41 Å². The number of rotatable bonds is 2. The fourth-order valence-corrected chi connectivity index (χ4v) is 3.32. The van der Waals surface area contributed by atoms with Gasteiger partial charge in [0, 0.05) is 18.6 Å². The van der Waals surface area contributed by atoms with E-state index in [-0.39, 0.29) is 0 Å². The quantitative estimate of drug-likeness (QED) is 0.776. The van der Waals surface area contributed by atoms with Gasteiger partial charge in [0.05, 0.1) is 0 Å². The molecule has 2 heterocycles. The van der Waals surface area contributed by atoms with Crippen LogP contribution in [0.25, 0.3) is 0 Å². The van der Waals surface area contributed by atoms with Gasteiger partial charge in [-0.05, 0) is 44.2 Å². The molecule has 0 aliphatic carbocycles. The molecule has 0 bridgehead atoms. The van der Waals surface area contributed by atoms with Gasteiger partial charge < -0.3 is 5.32 Å². The minimum absolute atomic E-state index is 0.439. The van der Waals surface area contributed by atoms with Crippen LogP contribution in [0, 0.1) is 5.41 Å². The summed E-state index contributed by atoms with van der Waals surface area (Å²) in [4.78, 5) is 2.76. The molecule has 0 aromatic carbocycles. The van der Waals surface area contributed by atoms with E-state index in [2.05, 4.69) is 31.0 Å².